The molecule has 1 aromatic carbocycles. The molecule has 3 heteroatoms. The molecule has 1 saturated carbocycles. The Morgan fingerprint density at radius 1 is 0.828 bits per heavy atom. The fourth-order valence-corrected chi connectivity index (χ4v) is 4.63. The van der Waals surface area contributed by atoms with Crippen LogP contribution in [0.5, 0.6) is 5.75 Å². The van der Waals surface area contributed by atoms with Crippen molar-refractivity contribution in [3.63, 3.8) is 0 Å². The number of carboxylic acid groups (broad SMARTS) is 1. The summed E-state index contributed by atoms with van der Waals surface area (Å²) in [6.07, 6.45) is 20.9. The first kappa shape index (κ1) is 23.8. The lowest BCUT2D eigenvalue weighted by Crippen LogP contribution is -2.15. The monoisotopic (exact) mass is 402 g/mol. The van der Waals surface area contributed by atoms with Gasteiger partial charge in [-0.05, 0) is 48.9 Å². The van der Waals surface area contributed by atoms with E-state index in [1.54, 1.807) is 24.3 Å². The Balaban J connectivity index is 1.45. The van der Waals surface area contributed by atoms with Crippen LogP contribution in [0.4, 0.5) is 0 Å². The van der Waals surface area contributed by atoms with E-state index in [1.807, 2.05) is 0 Å². The minimum absolute atomic E-state index is 0.307. The van der Waals surface area contributed by atoms with Crippen LogP contribution in [-0.4, -0.2) is 17.7 Å². The van der Waals surface area contributed by atoms with E-state index in [1.165, 1.54) is 89.9 Å². The molecule has 1 fully saturated rings. The lowest BCUT2D eigenvalue weighted by molar-refractivity contribution is 0.0697. The van der Waals surface area contributed by atoms with Crippen molar-refractivity contribution in [2.75, 3.05) is 6.61 Å². The lowest BCUT2D eigenvalue weighted by Gasteiger charge is -2.28. The Morgan fingerprint density at radius 3 is 1.90 bits per heavy atom. The molecule has 0 saturated heterocycles. The second kappa shape index (κ2) is 14.5. The zero-order chi connectivity index (χ0) is 20.7. The molecule has 1 N–H and O–H groups in total. The smallest absolute Gasteiger partial charge is 0.335 e. The average molecular weight is 403 g/mol. The molecular weight excluding hydrogens is 360 g/mol. The zero-order valence-electron chi connectivity index (χ0n) is 18.5. The Kier molecular flexibility index (Phi) is 11.9. The summed E-state index contributed by atoms with van der Waals surface area (Å²) in [7, 11) is 0. The number of aromatic carboxylic acids is 1. The van der Waals surface area contributed by atoms with Crippen molar-refractivity contribution in [3.05, 3.63) is 29.8 Å². The van der Waals surface area contributed by atoms with Crippen LogP contribution in [0.3, 0.4) is 0 Å². The second-order valence-corrected chi connectivity index (χ2v) is 8.97. The van der Waals surface area contributed by atoms with Crippen LogP contribution < -0.4 is 4.74 Å². The largest absolute Gasteiger partial charge is 0.494 e. The van der Waals surface area contributed by atoms with Crippen molar-refractivity contribution in [2.45, 2.75) is 103 Å². The summed E-state index contributed by atoms with van der Waals surface area (Å²) in [6.45, 7) is 3.01. The maximum atomic E-state index is 10.9. The molecule has 0 radical (unpaired) electrons. The topological polar surface area (TPSA) is 46.5 Å². The maximum Gasteiger partial charge on any atom is 0.335 e. The van der Waals surface area contributed by atoms with E-state index < -0.39 is 5.97 Å². The Morgan fingerprint density at radius 2 is 1.34 bits per heavy atom. The van der Waals surface area contributed by atoms with Gasteiger partial charge in [-0.15, -0.1) is 0 Å². The van der Waals surface area contributed by atoms with Crippen molar-refractivity contribution < 1.29 is 14.6 Å². The molecule has 0 heterocycles. The predicted molar refractivity (Wildman–Crippen MR) is 121 cm³/mol. The van der Waals surface area contributed by atoms with Gasteiger partial charge in [0, 0.05) is 0 Å². The molecule has 0 atom stereocenters. The molecule has 0 aromatic heterocycles. The van der Waals surface area contributed by atoms with Gasteiger partial charge >= 0.3 is 5.97 Å². The highest BCUT2D eigenvalue weighted by Crippen LogP contribution is 2.34. The van der Waals surface area contributed by atoms with E-state index in [0.29, 0.717) is 5.56 Å². The van der Waals surface area contributed by atoms with Crippen molar-refractivity contribution in [1.29, 1.82) is 0 Å². The van der Waals surface area contributed by atoms with E-state index in [0.717, 1.165) is 30.6 Å². The summed E-state index contributed by atoms with van der Waals surface area (Å²) >= 11 is 0. The standard InChI is InChI=1S/C26H42O3/c1-2-3-4-5-6-7-8-9-11-22-13-15-23(16-14-22)12-10-21-29-25-19-17-24(18-20-25)26(27)28/h17-20,22-23H,2-16,21H2,1H3,(H,27,28)/t22-,23-. The summed E-state index contributed by atoms with van der Waals surface area (Å²) in [4.78, 5) is 10.9. The highest BCUT2D eigenvalue weighted by molar-refractivity contribution is 5.87. The maximum absolute atomic E-state index is 10.9. The van der Waals surface area contributed by atoms with E-state index in [9.17, 15) is 4.79 Å². The fourth-order valence-electron chi connectivity index (χ4n) is 4.63. The molecule has 164 valence electrons. The fraction of sp³-hybridized carbons (Fsp3) is 0.731. The van der Waals surface area contributed by atoms with Crippen molar-refractivity contribution in [3.8, 4) is 5.75 Å². The SMILES string of the molecule is CCCCCCCCCC[C@H]1CC[C@H](CCCOc2ccc(C(=O)O)cc2)CC1. The van der Waals surface area contributed by atoms with Crippen molar-refractivity contribution in [1.82, 2.24) is 0 Å². The molecule has 0 aliphatic heterocycles. The van der Waals surface area contributed by atoms with Gasteiger partial charge in [0.1, 0.15) is 5.75 Å². The zero-order valence-corrected chi connectivity index (χ0v) is 18.5. The number of hydrogen-bond donors (Lipinski definition) is 1. The van der Waals surface area contributed by atoms with E-state index in [2.05, 4.69) is 6.92 Å². The van der Waals surface area contributed by atoms with Gasteiger partial charge in [0.05, 0.1) is 12.2 Å². The van der Waals surface area contributed by atoms with Crippen molar-refractivity contribution in [2.24, 2.45) is 11.8 Å². The highest BCUT2D eigenvalue weighted by Gasteiger charge is 2.20. The van der Waals surface area contributed by atoms with Gasteiger partial charge in [-0.3, -0.25) is 0 Å². The summed E-state index contributed by atoms with van der Waals surface area (Å²) in [5.74, 6) is 1.73. The third-order valence-electron chi connectivity index (χ3n) is 6.56. The molecule has 0 spiro atoms. The van der Waals surface area contributed by atoms with Gasteiger partial charge in [0.2, 0.25) is 0 Å². The molecule has 3 nitrogen and oxygen atoms in total. The summed E-state index contributed by atoms with van der Waals surface area (Å²) < 4.78 is 5.77. The van der Waals surface area contributed by atoms with Crippen LogP contribution in [0.1, 0.15) is 114 Å². The number of benzene rings is 1. The Bertz CT molecular complexity index is 544. The van der Waals surface area contributed by atoms with Crippen molar-refractivity contribution >= 4 is 5.97 Å². The molecule has 0 amide bonds. The highest BCUT2D eigenvalue weighted by atomic mass is 16.5. The first-order chi connectivity index (χ1) is 14.2. The summed E-state index contributed by atoms with van der Waals surface area (Å²) in [5.41, 5.74) is 0.307. The predicted octanol–water partition coefficient (Wildman–Crippen LogP) is 7.88. The third-order valence-corrected chi connectivity index (χ3v) is 6.56. The molecule has 1 aliphatic carbocycles. The Labute approximate surface area is 178 Å². The minimum atomic E-state index is -0.894. The Hall–Kier alpha value is -1.51. The molecule has 1 aliphatic rings. The molecule has 0 unspecified atom stereocenters. The normalized spacial score (nSPS) is 19.2. The van der Waals surface area contributed by atoms with Crippen LogP contribution in [-0.2, 0) is 0 Å². The number of carbonyl (C=O) groups is 1. The number of hydrogen-bond acceptors (Lipinski definition) is 2. The molecule has 0 bridgehead atoms. The minimum Gasteiger partial charge on any atom is -0.494 e. The van der Waals surface area contributed by atoms with E-state index >= 15 is 0 Å². The van der Waals surface area contributed by atoms with Gasteiger partial charge in [-0.25, -0.2) is 4.79 Å². The number of carboxylic acids is 1. The molecule has 29 heavy (non-hydrogen) atoms. The van der Waals surface area contributed by atoms with Gasteiger partial charge in [0.15, 0.2) is 0 Å². The van der Waals surface area contributed by atoms with E-state index in [-0.39, 0.29) is 0 Å². The van der Waals surface area contributed by atoms with Crippen LogP contribution in [0, 0.1) is 11.8 Å². The first-order valence-corrected chi connectivity index (χ1v) is 12.1. The third kappa shape index (κ3) is 10.2. The second-order valence-electron chi connectivity index (χ2n) is 8.97. The first-order valence-electron chi connectivity index (χ1n) is 12.1. The summed E-state index contributed by atoms with van der Waals surface area (Å²) in [6, 6.07) is 6.70. The van der Waals surface area contributed by atoms with Gasteiger partial charge < -0.3 is 9.84 Å². The number of ether oxygens (including phenoxy) is 1. The van der Waals surface area contributed by atoms with Gasteiger partial charge in [0.25, 0.3) is 0 Å². The average Bonchev–Trinajstić information content (AvgIpc) is 2.74. The van der Waals surface area contributed by atoms with Crippen LogP contribution in [0.2, 0.25) is 0 Å². The lowest BCUT2D eigenvalue weighted by atomic mass is 9.78. The number of rotatable bonds is 15. The van der Waals surface area contributed by atoms with Gasteiger partial charge in [-0.1, -0.05) is 90.4 Å². The quantitative estimate of drug-likeness (QED) is 0.303. The summed E-state index contributed by atoms with van der Waals surface area (Å²) in [5, 5.41) is 8.92. The molecule has 1 aromatic rings. The van der Waals surface area contributed by atoms with Crippen LogP contribution in [0.15, 0.2) is 24.3 Å². The van der Waals surface area contributed by atoms with Crippen LogP contribution in [0.25, 0.3) is 0 Å². The van der Waals surface area contributed by atoms with Gasteiger partial charge in [-0.2, -0.15) is 0 Å². The van der Waals surface area contributed by atoms with Crippen LogP contribution >= 0.6 is 0 Å². The molecular formula is C26H42O3. The number of unbranched alkanes of at least 4 members (excludes halogenated alkanes) is 7. The van der Waals surface area contributed by atoms with E-state index in [4.69, 9.17) is 9.84 Å². The molecule has 2 rings (SSSR count).